The second-order valence-electron chi connectivity index (χ2n) is 6.32. The lowest BCUT2D eigenvalue weighted by atomic mass is 10.1. The minimum Gasteiger partial charge on any atom is -0.348 e. The quantitative estimate of drug-likeness (QED) is 0.919. The van der Waals surface area contributed by atoms with Crippen LogP contribution < -0.4 is 5.32 Å². The lowest BCUT2D eigenvalue weighted by molar-refractivity contribution is -0.141. The number of rotatable bonds is 4. The van der Waals surface area contributed by atoms with Gasteiger partial charge in [0.2, 0.25) is 11.8 Å². The molecule has 1 aromatic heterocycles. The number of hydrogen-bond donors (Lipinski definition) is 1. The highest BCUT2D eigenvalue weighted by atomic mass is 32.2. The van der Waals surface area contributed by atoms with Crippen molar-refractivity contribution < 1.29 is 9.59 Å². The predicted molar refractivity (Wildman–Crippen MR) is 90.7 cm³/mol. The molecule has 2 aliphatic rings. The van der Waals surface area contributed by atoms with E-state index in [0.29, 0.717) is 11.6 Å². The van der Waals surface area contributed by atoms with Crippen LogP contribution in [-0.4, -0.2) is 39.4 Å². The first-order valence-electron chi connectivity index (χ1n) is 8.25. The molecule has 0 spiro atoms. The van der Waals surface area contributed by atoms with Gasteiger partial charge >= 0.3 is 0 Å². The molecule has 0 unspecified atom stereocenters. The molecule has 2 amide bonds. The van der Waals surface area contributed by atoms with E-state index in [2.05, 4.69) is 10.3 Å². The van der Waals surface area contributed by atoms with E-state index in [1.54, 1.807) is 29.1 Å². The Kier molecular flexibility index (Phi) is 5.20. The van der Waals surface area contributed by atoms with Gasteiger partial charge in [0.1, 0.15) is 6.04 Å². The summed E-state index contributed by atoms with van der Waals surface area (Å²) in [5, 5.41) is 3.04. The smallest absolute Gasteiger partial charge is 0.244 e. The number of hydrogen-bond acceptors (Lipinski definition) is 4. The summed E-state index contributed by atoms with van der Waals surface area (Å²) in [5.41, 5.74) is 1.02. The summed E-state index contributed by atoms with van der Waals surface area (Å²) in [5.74, 6) is 1.57. The average molecular weight is 333 g/mol. The van der Waals surface area contributed by atoms with Crippen LogP contribution in [0.1, 0.15) is 44.2 Å². The van der Waals surface area contributed by atoms with Gasteiger partial charge in [-0.1, -0.05) is 12.8 Å². The Morgan fingerprint density at radius 3 is 2.70 bits per heavy atom. The van der Waals surface area contributed by atoms with Crippen LogP contribution in [0.3, 0.4) is 0 Å². The summed E-state index contributed by atoms with van der Waals surface area (Å²) in [6.45, 7) is 1.96. The van der Waals surface area contributed by atoms with Crippen molar-refractivity contribution in [3.8, 4) is 0 Å². The van der Waals surface area contributed by atoms with Gasteiger partial charge in [-0.05, 0) is 37.5 Å². The van der Waals surface area contributed by atoms with Crippen LogP contribution in [0.4, 0.5) is 0 Å². The van der Waals surface area contributed by atoms with E-state index in [1.165, 1.54) is 0 Å². The van der Waals surface area contributed by atoms with Crippen molar-refractivity contribution in [1.29, 1.82) is 0 Å². The molecule has 6 heteroatoms. The number of nitrogens with zero attached hydrogens (tertiary/aromatic N) is 2. The summed E-state index contributed by atoms with van der Waals surface area (Å²) >= 11 is 1.66. The molecule has 1 saturated heterocycles. The number of carbonyl (C=O) groups excluding carboxylic acids is 2. The van der Waals surface area contributed by atoms with Crippen LogP contribution in [0.5, 0.6) is 0 Å². The summed E-state index contributed by atoms with van der Waals surface area (Å²) in [7, 11) is 0. The topological polar surface area (TPSA) is 62.3 Å². The third kappa shape index (κ3) is 3.68. The van der Waals surface area contributed by atoms with Gasteiger partial charge in [0.15, 0.2) is 0 Å². The number of nitrogens with one attached hydrogen (secondary N) is 1. The van der Waals surface area contributed by atoms with Crippen LogP contribution in [0.2, 0.25) is 0 Å². The second-order valence-corrected chi connectivity index (χ2v) is 7.32. The van der Waals surface area contributed by atoms with Crippen LogP contribution >= 0.6 is 11.8 Å². The third-order valence-electron chi connectivity index (χ3n) is 4.74. The zero-order valence-corrected chi connectivity index (χ0v) is 14.2. The van der Waals surface area contributed by atoms with E-state index in [4.69, 9.17) is 0 Å². The highest BCUT2D eigenvalue weighted by molar-refractivity contribution is 7.99. The van der Waals surface area contributed by atoms with Gasteiger partial charge in [0, 0.05) is 24.1 Å². The van der Waals surface area contributed by atoms with E-state index < -0.39 is 0 Å². The molecule has 2 atom stereocenters. The Labute approximate surface area is 141 Å². The number of carbonyl (C=O) groups is 2. The molecule has 0 bridgehead atoms. The minimum atomic E-state index is -0.336. The molecular formula is C17H23N3O2S. The second kappa shape index (κ2) is 7.34. The molecule has 3 rings (SSSR count). The summed E-state index contributed by atoms with van der Waals surface area (Å²) in [6.07, 6.45) is 7.66. The summed E-state index contributed by atoms with van der Waals surface area (Å²) < 4.78 is 0. The first kappa shape index (κ1) is 16.3. The molecule has 2 heterocycles. The molecule has 1 saturated carbocycles. The Hall–Kier alpha value is -1.56. The van der Waals surface area contributed by atoms with Gasteiger partial charge in [-0.15, -0.1) is 11.8 Å². The summed E-state index contributed by atoms with van der Waals surface area (Å²) in [6, 6.07) is 3.38. The molecule has 5 nitrogen and oxygen atoms in total. The fraction of sp³-hybridized carbons (Fsp3) is 0.588. The zero-order chi connectivity index (χ0) is 16.2. The summed E-state index contributed by atoms with van der Waals surface area (Å²) in [4.78, 5) is 31.0. The lowest BCUT2D eigenvalue weighted by Crippen LogP contribution is -2.49. The molecular weight excluding hydrogens is 310 g/mol. The molecule has 0 radical (unpaired) electrons. The van der Waals surface area contributed by atoms with Crippen molar-refractivity contribution in [3.05, 3.63) is 30.1 Å². The molecule has 1 aliphatic heterocycles. The highest BCUT2D eigenvalue weighted by Crippen LogP contribution is 2.31. The van der Waals surface area contributed by atoms with Gasteiger partial charge in [-0.2, -0.15) is 0 Å². The first-order valence-corrected chi connectivity index (χ1v) is 9.41. The van der Waals surface area contributed by atoms with E-state index in [0.717, 1.165) is 31.2 Å². The molecule has 0 aromatic carbocycles. The van der Waals surface area contributed by atoms with Crippen molar-refractivity contribution in [1.82, 2.24) is 15.2 Å². The van der Waals surface area contributed by atoms with Crippen molar-refractivity contribution in [2.75, 3.05) is 11.6 Å². The van der Waals surface area contributed by atoms with Crippen LogP contribution in [-0.2, 0) is 9.59 Å². The minimum absolute atomic E-state index is 0.0503. The molecule has 124 valence electrons. The monoisotopic (exact) mass is 333 g/mol. The SMILES string of the molecule is C[C@@H](NC(=O)[C@@H]1CSCN1C(=O)C1CCCC1)c1ccncc1. The van der Waals surface area contributed by atoms with Gasteiger partial charge in [0.25, 0.3) is 0 Å². The first-order chi connectivity index (χ1) is 11.2. The number of pyridine rings is 1. The fourth-order valence-electron chi connectivity index (χ4n) is 3.33. The third-order valence-corrected chi connectivity index (χ3v) is 5.75. The Morgan fingerprint density at radius 2 is 2.00 bits per heavy atom. The molecule has 23 heavy (non-hydrogen) atoms. The molecule has 1 aromatic rings. The molecule has 2 fully saturated rings. The van der Waals surface area contributed by atoms with Crippen LogP contribution in [0.25, 0.3) is 0 Å². The van der Waals surface area contributed by atoms with Gasteiger partial charge in [-0.3, -0.25) is 14.6 Å². The Morgan fingerprint density at radius 1 is 1.30 bits per heavy atom. The van der Waals surface area contributed by atoms with E-state index in [1.807, 2.05) is 19.1 Å². The normalized spacial score (nSPS) is 23.0. The number of aromatic nitrogens is 1. The van der Waals surface area contributed by atoms with E-state index >= 15 is 0 Å². The number of amides is 2. The molecule has 1 N–H and O–H groups in total. The maximum absolute atomic E-state index is 12.6. The van der Waals surface area contributed by atoms with Gasteiger partial charge < -0.3 is 10.2 Å². The average Bonchev–Trinajstić information content (AvgIpc) is 3.26. The maximum atomic E-state index is 12.6. The zero-order valence-electron chi connectivity index (χ0n) is 13.4. The Balaban J connectivity index is 1.62. The van der Waals surface area contributed by atoms with Crippen LogP contribution in [0.15, 0.2) is 24.5 Å². The van der Waals surface area contributed by atoms with Crippen molar-refractivity contribution in [3.63, 3.8) is 0 Å². The molecule has 1 aliphatic carbocycles. The maximum Gasteiger partial charge on any atom is 0.244 e. The highest BCUT2D eigenvalue weighted by Gasteiger charge is 2.38. The van der Waals surface area contributed by atoms with Crippen LogP contribution in [0, 0.1) is 5.92 Å². The van der Waals surface area contributed by atoms with Crippen molar-refractivity contribution in [2.24, 2.45) is 5.92 Å². The fourth-order valence-corrected chi connectivity index (χ4v) is 4.49. The van der Waals surface area contributed by atoms with Gasteiger partial charge in [-0.25, -0.2) is 0 Å². The number of thioether (sulfide) groups is 1. The van der Waals surface area contributed by atoms with E-state index in [9.17, 15) is 9.59 Å². The Bertz CT molecular complexity index is 560. The standard InChI is InChI=1S/C17H23N3O2S/c1-12(13-6-8-18-9-7-13)19-16(21)15-10-23-11-20(15)17(22)14-4-2-3-5-14/h6-9,12,14-15H,2-5,10-11H2,1H3,(H,19,21)/t12-,15+/m1/s1. The predicted octanol–water partition coefficient (Wildman–Crippen LogP) is 2.35. The largest absolute Gasteiger partial charge is 0.348 e. The van der Waals surface area contributed by atoms with Crippen molar-refractivity contribution in [2.45, 2.75) is 44.7 Å². The lowest BCUT2D eigenvalue weighted by Gasteiger charge is -2.27. The van der Waals surface area contributed by atoms with Gasteiger partial charge in [0.05, 0.1) is 11.9 Å². The van der Waals surface area contributed by atoms with Crippen molar-refractivity contribution >= 4 is 23.6 Å². The van der Waals surface area contributed by atoms with E-state index in [-0.39, 0.29) is 29.8 Å².